The molecule has 6 nitrogen and oxygen atoms in total. The Morgan fingerprint density at radius 1 is 1.29 bits per heavy atom. The first-order valence-electron chi connectivity index (χ1n) is 7.10. The van der Waals surface area contributed by atoms with Crippen LogP contribution in [0.3, 0.4) is 0 Å². The number of rotatable bonds is 8. The van der Waals surface area contributed by atoms with E-state index >= 15 is 0 Å². The van der Waals surface area contributed by atoms with Gasteiger partial charge < -0.3 is 15.4 Å². The summed E-state index contributed by atoms with van der Waals surface area (Å²) < 4.78 is 6.47. The predicted octanol–water partition coefficient (Wildman–Crippen LogP) is 2.57. The van der Waals surface area contributed by atoms with Crippen molar-refractivity contribution in [1.29, 1.82) is 0 Å². The van der Waals surface area contributed by atoms with Gasteiger partial charge in [-0.25, -0.2) is 4.68 Å². The SMILES string of the molecule is COCCNCCNC(=O)c1cnn(-c2ccc(Cl)cc2Cl)c1.Cl. The molecule has 0 aliphatic carbocycles. The molecule has 1 amide bonds. The van der Waals surface area contributed by atoms with Crippen LogP contribution in [-0.4, -0.2) is 49.0 Å². The van der Waals surface area contributed by atoms with Gasteiger partial charge in [-0.2, -0.15) is 5.10 Å². The number of carbonyl (C=O) groups is 1. The topological polar surface area (TPSA) is 68.2 Å². The summed E-state index contributed by atoms with van der Waals surface area (Å²) in [5.41, 5.74) is 1.13. The maximum atomic E-state index is 12.0. The number of hydrogen-bond donors (Lipinski definition) is 2. The van der Waals surface area contributed by atoms with Crippen LogP contribution in [0, 0.1) is 0 Å². The van der Waals surface area contributed by atoms with E-state index < -0.39 is 0 Å². The van der Waals surface area contributed by atoms with Crippen LogP contribution >= 0.6 is 35.6 Å². The first-order chi connectivity index (χ1) is 11.1. The van der Waals surface area contributed by atoms with E-state index in [1.807, 2.05) is 0 Å². The Kier molecular flexibility index (Phi) is 9.10. The molecule has 132 valence electrons. The van der Waals surface area contributed by atoms with Crippen LogP contribution < -0.4 is 10.6 Å². The van der Waals surface area contributed by atoms with Crippen LogP contribution in [0.2, 0.25) is 10.0 Å². The molecule has 24 heavy (non-hydrogen) atoms. The minimum Gasteiger partial charge on any atom is -0.383 e. The van der Waals surface area contributed by atoms with Gasteiger partial charge in [-0.1, -0.05) is 23.2 Å². The van der Waals surface area contributed by atoms with E-state index in [0.717, 1.165) is 6.54 Å². The zero-order valence-electron chi connectivity index (χ0n) is 13.1. The zero-order chi connectivity index (χ0) is 16.7. The first kappa shape index (κ1) is 20.7. The normalized spacial score (nSPS) is 10.3. The fraction of sp³-hybridized carbons (Fsp3) is 0.333. The molecule has 0 bridgehead atoms. The fourth-order valence-corrected chi connectivity index (χ4v) is 2.40. The van der Waals surface area contributed by atoms with Gasteiger partial charge in [-0.05, 0) is 18.2 Å². The molecule has 0 unspecified atom stereocenters. The molecule has 0 fully saturated rings. The number of benzene rings is 1. The second kappa shape index (κ2) is 10.5. The lowest BCUT2D eigenvalue weighted by atomic mass is 10.3. The number of nitrogens with zero attached hydrogens (tertiary/aromatic N) is 2. The molecule has 0 aliphatic rings. The van der Waals surface area contributed by atoms with E-state index in [2.05, 4.69) is 15.7 Å². The van der Waals surface area contributed by atoms with Crippen LogP contribution in [-0.2, 0) is 4.74 Å². The summed E-state index contributed by atoms with van der Waals surface area (Å²) in [6.07, 6.45) is 3.13. The highest BCUT2D eigenvalue weighted by molar-refractivity contribution is 6.35. The standard InChI is InChI=1S/C15H18Cl2N4O2.ClH/c1-23-7-6-18-4-5-19-15(22)11-9-20-21(10-11)14-3-2-12(16)8-13(14)17;/h2-3,8-10,18H,4-7H2,1H3,(H,19,22);1H. The van der Waals surface area contributed by atoms with Gasteiger partial charge in [0, 0.05) is 38.0 Å². The van der Waals surface area contributed by atoms with Crippen LogP contribution in [0.15, 0.2) is 30.6 Å². The Morgan fingerprint density at radius 3 is 2.79 bits per heavy atom. The van der Waals surface area contributed by atoms with Crippen molar-refractivity contribution < 1.29 is 9.53 Å². The van der Waals surface area contributed by atoms with Crippen LogP contribution in [0.25, 0.3) is 5.69 Å². The number of amides is 1. The summed E-state index contributed by atoms with van der Waals surface area (Å²) in [6, 6.07) is 5.10. The summed E-state index contributed by atoms with van der Waals surface area (Å²) in [6.45, 7) is 2.59. The van der Waals surface area contributed by atoms with Crippen molar-refractivity contribution in [2.75, 3.05) is 33.4 Å². The zero-order valence-corrected chi connectivity index (χ0v) is 15.4. The molecule has 0 aliphatic heterocycles. The average Bonchev–Trinajstić information content (AvgIpc) is 3.00. The maximum absolute atomic E-state index is 12.0. The van der Waals surface area contributed by atoms with Gasteiger partial charge in [-0.15, -0.1) is 12.4 Å². The van der Waals surface area contributed by atoms with Gasteiger partial charge in [0.1, 0.15) is 0 Å². The molecule has 2 rings (SSSR count). The highest BCUT2D eigenvalue weighted by atomic mass is 35.5. The molecule has 2 N–H and O–H groups in total. The number of ether oxygens (including phenoxy) is 1. The Labute approximate surface area is 156 Å². The van der Waals surface area contributed by atoms with Crippen molar-refractivity contribution in [3.8, 4) is 5.69 Å². The minimum atomic E-state index is -0.185. The molecule has 0 saturated carbocycles. The van der Waals surface area contributed by atoms with Gasteiger partial charge >= 0.3 is 0 Å². The van der Waals surface area contributed by atoms with Crippen LogP contribution in [0.1, 0.15) is 10.4 Å². The smallest absolute Gasteiger partial charge is 0.254 e. The minimum absolute atomic E-state index is 0. The average molecular weight is 394 g/mol. The summed E-state index contributed by atoms with van der Waals surface area (Å²) in [4.78, 5) is 12.0. The van der Waals surface area contributed by atoms with Gasteiger partial charge in [0.25, 0.3) is 5.91 Å². The van der Waals surface area contributed by atoms with Gasteiger partial charge in [0.15, 0.2) is 0 Å². The highest BCUT2D eigenvalue weighted by Gasteiger charge is 2.10. The van der Waals surface area contributed by atoms with Crippen molar-refractivity contribution in [1.82, 2.24) is 20.4 Å². The van der Waals surface area contributed by atoms with E-state index in [1.165, 1.54) is 6.20 Å². The predicted molar refractivity (Wildman–Crippen MR) is 97.9 cm³/mol. The molecular formula is C15H19Cl3N4O2. The molecule has 0 saturated heterocycles. The van der Waals surface area contributed by atoms with Crippen molar-refractivity contribution >= 4 is 41.5 Å². The molecule has 2 aromatic rings. The summed E-state index contributed by atoms with van der Waals surface area (Å²) in [5.74, 6) is -0.185. The number of methoxy groups -OCH3 is 1. The fourth-order valence-electron chi connectivity index (χ4n) is 1.90. The second-order valence-electron chi connectivity index (χ2n) is 4.77. The van der Waals surface area contributed by atoms with Crippen molar-refractivity contribution in [2.24, 2.45) is 0 Å². The second-order valence-corrected chi connectivity index (χ2v) is 5.61. The van der Waals surface area contributed by atoms with E-state index in [1.54, 1.807) is 36.2 Å². The molecule has 0 atom stereocenters. The number of nitrogens with one attached hydrogen (secondary N) is 2. The lowest BCUT2D eigenvalue weighted by Gasteiger charge is -2.05. The third-order valence-electron chi connectivity index (χ3n) is 3.07. The molecule has 1 aromatic carbocycles. The third-order valence-corrected chi connectivity index (χ3v) is 3.61. The van der Waals surface area contributed by atoms with E-state index in [0.29, 0.717) is 41.0 Å². The molecule has 0 radical (unpaired) electrons. The van der Waals surface area contributed by atoms with Gasteiger partial charge in [0.2, 0.25) is 0 Å². The number of hydrogen-bond acceptors (Lipinski definition) is 4. The van der Waals surface area contributed by atoms with Gasteiger partial charge in [0.05, 0.1) is 29.1 Å². The molecule has 9 heteroatoms. The quantitative estimate of drug-likeness (QED) is 0.676. The first-order valence-corrected chi connectivity index (χ1v) is 7.85. The lowest BCUT2D eigenvalue weighted by molar-refractivity contribution is 0.0953. The van der Waals surface area contributed by atoms with E-state index in [4.69, 9.17) is 27.9 Å². The molecular weight excluding hydrogens is 375 g/mol. The third kappa shape index (κ3) is 5.96. The van der Waals surface area contributed by atoms with Crippen molar-refractivity contribution in [2.45, 2.75) is 0 Å². The Hall–Kier alpha value is -1.31. The summed E-state index contributed by atoms with van der Waals surface area (Å²) in [7, 11) is 1.65. The Morgan fingerprint density at radius 2 is 2.08 bits per heavy atom. The molecule has 0 spiro atoms. The highest BCUT2D eigenvalue weighted by Crippen LogP contribution is 2.24. The Balaban J connectivity index is 0.00000288. The maximum Gasteiger partial charge on any atom is 0.254 e. The summed E-state index contributed by atoms with van der Waals surface area (Å²) in [5, 5.41) is 11.1. The van der Waals surface area contributed by atoms with E-state index in [9.17, 15) is 4.79 Å². The number of aromatic nitrogens is 2. The van der Waals surface area contributed by atoms with Crippen LogP contribution in [0.4, 0.5) is 0 Å². The van der Waals surface area contributed by atoms with Crippen molar-refractivity contribution in [3.05, 3.63) is 46.2 Å². The van der Waals surface area contributed by atoms with Crippen molar-refractivity contribution in [3.63, 3.8) is 0 Å². The van der Waals surface area contributed by atoms with E-state index in [-0.39, 0.29) is 18.3 Å². The Bertz CT molecular complexity index is 664. The number of carbonyl (C=O) groups excluding carboxylic acids is 1. The lowest BCUT2D eigenvalue weighted by Crippen LogP contribution is -2.32. The monoisotopic (exact) mass is 392 g/mol. The molecule has 1 aromatic heterocycles. The van der Waals surface area contributed by atoms with Crippen LogP contribution in [0.5, 0.6) is 0 Å². The molecule has 1 heterocycles. The van der Waals surface area contributed by atoms with Gasteiger partial charge in [-0.3, -0.25) is 4.79 Å². The summed E-state index contributed by atoms with van der Waals surface area (Å²) >= 11 is 12.0. The number of halogens is 3. The largest absolute Gasteiger partial charge is 0.383 e.